The Bertz CT molecular complexity index is 421. The summed E-state index contributed by atoms with van der Waals surface area (Å²) in [5.41, 5.74) is -0.758. The van der Waals surface area contributed by atoms with Crippen LogP contribution < -0.4 is 10.2 Å². The fourth-order valence-electron chi connectivity index (χ4n) is 1.64. The molecule has 0 aliphatic rings. The number of aliphatic hydroxyl groups is 1. The molecule has 0 aliphatic heterocycles. The van der Waals surface area contributed by atoms with E-state index >= 15 is 0 Å². The number of halogens is 3. The van der Waals surface area contributed by atoms with Crippen LogP contribution in [0.4, 0.5) is 24.8 Å². The first-order valence-corrected chi connectivity index (χ1v) is 5.96. The number of rotatable bonds is 5. The van der Waals surface area contributed by atoms with Gasteiger partial charge in [-0.15, -0.1) is 0 Å². The van der Waals surface area contributed by atoms with Gasteiger partial charge in [-0.25, -0.2) is 4.98 Å². The van der Waals surface area contributed by atoms with Gasteiger partial charge in [-0.1, -0.05) is 0 Å². The Balaban J connectivity index is 3.12. The van der Waals surface area contributed by atoms with E-state index in [0.717, 1.165) is 12.1 Å². The smallest absolute Gasteiger partial charge is 0.392 e. The van der Waals surface area contributed by atoms with E-state index in [1.54, 1.807) is 20.9 Å². The van der Waals surface area contributed by atoms with E-state index in [4.69, 9.17) is 0 Å². The van der Waals surface area contributed by atoms with Crippen LogP contribution in [-0.2, 0) is 6.18 Å². The van der Waals surface area contributed by atoms with E-state index in [0.29, 0.717) is 6.54 Å². The number of anilines is 2. The van der Waals surface area contributed by atoms with E-state index in [1.165, 1.54) is 4.90 Å². The maximum Gasteiger partial charge on any atom is 0.416 e. The van der Waals surface area contributed by atoms with E-state index < -0.39 is 17.8 Å². The predicted molar refractivity (Wildman–Crippen MR) is 68.4 cm³/mol. The van der Waals surface area contributed by atoms with Gasteiger partial charge in [-0.2, -0.15) is 13.2 Å². The van der Waals surface area contributed by atoms with Crippen LogP contribution in [0.15, 0.2) is 12.1 Å². The highest BCUT2D eigenvalue weighted by Crippen LogP contribution is 2.32. The minimum Gasteiger partial charge on any atom is -0.392 e. The van der Waals surface area contributed by atoms with Crippen molar-refractivity contribution in [2.24, 2.45) is 0 Å². The summed E-state index contributed by atoms with van der Waals surface area (Å²) < 4.78 is 38.4. The fraction of sp³-hybridized carbons (Fsp3) is 0.583. The second-order valence-electron chi connectivity index (χ2n) is 4.36. The highest BCUT2D eigenvalue weighted by atomic mass is 19.4. The maximum atomic E-state index is 12.8. The number of aromatic nitrogens is 1. The largest absolute Gasteiger partial charge is 0.416 e. The van der Waals surface area contributed by atoms with Gasteiger partial charge in [0.1, 0.15) is 11.6 Å². The first-order valence-electron chi connectivity index (χ1n) is 5.96. The minimum absolute atomic E-state index is 0.171. The van der Waals surface area contributed by atoms with E-state index in [1.807, 2.05) is 0 Å². The van der Waals surface area contributed by atoms with Gasteiger partial charge >= 0.3 is 6.18 Å². The number of pyridine rings is 1. The average molecular weight is 277 g/mol. The normalized spacial score (nSPS) is 13.2. The Morgan fingerprint density at radius 2 is 2.05 bits per heavy atom. The molecule has 108 valence electrons. The standard InChI is InChI=1S/C12H18F3N3O/c1-4-16-10-5-9(12(13,14)15)6-11(17-10)18(3)7-8(2)19/h5-6,8,19H,4,7H2,1-3H3,(H,16,17). The molecule has 0 aliphatic carbocycles. The highest BCUT2D eigenvalue weighted by molar-refractivity contribution is 5.51. The molecule has 0 saturated heterocycles. The van der Waals surface area contributed by atoms with Gasteiger partial charge in [0.05, 0.1) is 11.7 Å². The quantitative estimate of drug-likeness (QED) is 0.867. The first kappa shape index (κ1) is 15.6. The van der Waals surface area contributed by atoms with Gasteiger partial charge < -0.3 is 15.3 Å². The Labute approximate surface area is 110 Å². The van der Waals surface area contributed by atoms with Crippen LogP contribution in [0.25, 0.3) is 0 Å². The van der Waals surface area contributed by atoms with Gasteiger partial charge in [0.2, 0.25) is 0 Å². The number of nitrogens with one attached hydrogen (secondary N) is 1. The first-order chi connectivity index (χ1) is 8.74. The van der Waals surface area contributed by atoms with Crippen molar-refractivity contribution in [1.82, 2.24) is 4.98 Å². The zero-order chi connectivity index (χ0) is 14.6. The van der Waals surface area contributed by atoms with Crippen LogP contribution in [0.1, 0.15) is 19.4 Å². The summed E-state index contributed by atoms with van der Waals surface area (Å²) in [7, 11) is 1.59. The lowest BCUT2D eigenvalue weighted by Crippen LogP contribution is -2.28. The summed E-state index contributed by atoms with van der Waals surface area (Å²) in [5.74, 6) is 0.344. The third-order valence-electron chi connectivity index (χ3n) is 2.43. The second kappa shape index (κ2) is 6.10. The predicted octanol–water partition coefficient (Wildman–Crippen LogP) is 2.35. The number of nitrogens with zero attached hydrogens (tertiary/aromatic N) is 2. The van der Waals surface area contributed by atoms with E-state index in [2.05, 4.69) is 10.3 Å². The number of hydrogen-bond donors (Lipinski definition) is 2. The van der Waals surface area contributed by atoms with Crippen LogP contribution in [-0.4, -0.2) is 36.3 Å². The van der Waals surface area contributed by atoms with Crippen LogP contribution in [0.2, 0.25) is 0 Å². The van der Waals surface area contributed by atoms with E-state index in [9.17, 15) is 18.3 Å². The summed E-state index contributed by atoms with van der Waals surface area (Å²) in [6.07, 6.45) is -5.07. The molecule has 1 rings (SSSR count). The lowest BCUT2D eigenvalue weighted by molar-refractivity contribution is -0.137. The van der Waals surface area contributed by atoms with Crippen molar-refractivity contribution < 1.29 is 18.3 Å². The molecule has 1 atom stereocenters. The molecule has 7 heteroatoms. The molecular weight excluding hydrogens is 259 g/mol. The van der Waals surface area contributed by atoms with Gasteiger partial charge in [-0.3, -0.25) is 0 Å². The van der Waals surface area contributed by atoms with Crippen molar-refractivity contribution in [1.29, 1.82) is 0 Å². The second-order valence-corrected chi connectivity index (χ2v) is 4.36. The Hall–Kier alpha value is -1.50. The van der Waals surface area contributed by atoms with Crippen molar-refractivity contribution in [3.05, 3.63) is 17.7 Å². The van der Waals surface area contributed by atoms with Crippen molar-refractivity contribution >= 4 is 11.6 Å². The van der Waals surface area contributed by atoms with Gasteiger partial charge in [0.15, 0.2) is 0 Å². The molecule has 1 heterocycles. The molecule has 0 amide bonds. The lowest BCUT2D eigenvalue weighted by Gasteiger charge is -2.22. The SMILES string of the molecule is CCNc1cc(C(F)(F)F)cc(N(C)CC(C)O)n1. The molecule has 0 spiro atoms. The molecule has 0 fully saturated rings. The van der Waals surface area contributed by atoms with Gasteiger partial charge in [0, 0.05) is 20.1 Å². The van der Waals surface area contributed by atoms with Gasteiger partial charge in [0.25, 0.3) is 0 Å². The van der Waals surface area contributed by atoms with Crippen molar-refractivity contribution in [3.8, 4) is 0 Å². The van der Waals surface area contributed by atoms with Crippen LogP contribution >= 0.6 is 0 Å². The Morgan fingerprint density at radius 3 is 2.53 bits per heavy atom. The van der Waals surface area contributed by atoms with Crippen molar-refractivity contribution in [2.45, 2.75) is 26.1 Å². The zero-order valence-corrected chi connectivity index (χ0v) is 11.1. The molecule has 1 aromatic heterocycles. The third-order valence-corrected chi connectivity index (χ3v) is 2.43. The zero-order valence-electron chi connectivity index (χ0n) is 11.1. The minimum atomic E-state index is -4.42. The van der Waals surface area contributed by atoms with Crippen molar-refractivity contribution in [2.75, 3.05) is 30.4 Å². The number of aliphatic hydroxyl groups excluding tert-OH is 1. The van der Waals surface area contributed by atoms with Crippen molar-refractivity contribution in [3.63, 3.8) is 0 Å². The summed E-state index contributed by atoms with van der Waals surface area (Å²) in [4.78, 5) is 5.58. The molecule has 1 aromatic rings. The topological polar surface area (TPSA) is 48.4 Å². The molecule has 0 bridgehead atoms. The fourth-order valence-corrected chi connectivity index (χ4v) is 1.64. The molecule has 0 aromatic carbocycles. The number of hydrogen-bond acceptors (Lipinski definition) is 4. The molecule has 0 radical (unpaired) electrons. The monoisotopic (exact) mass is 277 g/mol. The van der Waals surface area contributed by atoms with Crippen LogP contribution in [0.3, 0.4) is 0 Å². The number of alkyl halides is 3. The van der Waals surface area contributed by atoms with Crippen LogP contribution in [0, 0.1) is 0 Å². The van der Waals surface area contributed by atoms with Gasteiger partial charge in [-0.05, 0) is 26.0 Å². The summed E-state index contributed by atoms with van der Waals surface area (Å²) >= 11 is 0. The Morgan fingerprint density at radius 1 is 1.42 bits per heavy atom. The maximum absolute atomic E-state index is 12.8. The molecule has 4 nitrogen and oxygen atoms in total. The molecule has 2 N–H and O–H groups in total. The molecule has 0 saturated carbocycles. The molecule has 19 heavy (non-hydrogen) atoms. The number of likely N-dealkylation sites (N-methyl/N-ethyl adjacent to an activating group) is 1. The molecule has 1 unspecified atom stereocenters. The lowest BCUT2D eigenvalue weighted by atomic mass is 10.2. The van der Waals surface area contributed by atoms with E-state index in [-0.39, 0.29) is 18.2 Å². The van der Waals surface area contributed by atoms with Crippen LogP contribution in [0.5, 0.6) is 0 Å². The average Bonchev–Trinajstić information content (AvgIpc) is 2.27. The Kier molecular flexibility index (Phi) is 4.99. The molecular formula is C12H18F3N3O. The highest BCUT2D eigenvalue weighted by Gasteiger charge is 2.32. The third kappa shape index (κ3) is 4.59. The summed E-state index contributed by atoms with van der Waals surface area (Å²) in [6, 6.07) is 1.95. The summed E-state index contributed by atoms with van der Waals surface area (Å²) in [6.45, 7) is 4.03. The summed E-state index contributed by atoms with van der Waals surface area (Å²) in [5, 5.41) is 12.0.